The molecule has 3 rings (SSSR count). The Balaban J connectivity index is 1.93. The number of carbonyl (C=O) groups excluding carboxylic acids is 1. The summed E-state index contributed by atoms with van der Waals surface area (Å²) >= 11 is 0. The third-order valence-corrected chi connectivity index (χ3v) is 3.85. The van der Waals surface area contributed by atoms with Gasteiger partial charge >= 0.3 is 5.97 Å². The Morgan fingerprint density at radius 2 is 2.09 bits per heavy atom. The molecule has 23 heavy (non-hydrogen) atoms. The average molecular weight is 310 g/mol. The predicted octanol–water partition coefficient (Wildman–Crippen LogP) is 4.02. The lowest BCUT2D eigenvalue weighted by molar-refractivity contribution is 0.0594. The Kier molecular flexibility index (Phi) is 4.10. The summed E-state index contributed by atoms with van der Waals surface area (Å²) in [7, 11) is 0. The van der Waals surface area contributed by atoms with Gasteiger partial charge in [0.2, 0.25) is 0 Å². The molecule has 0 saturated heterocycles. The van der Waals surface area contributed by atoms with Crippen LogP contribution in [-0.2, 0) is 4.74 Å². The van der Waals surface area contributed by atoms with Crippen molar-refractivity contribution < 1.29 is 13.9 Å². The molecule has 0 radical (unpaired) electrons. The van der Waals surface area contributed by atoms with Gasteiger partial charge in [-0.3, -0.25) is 9.98 Å². The zero-order valence-electron chi connectivity index (χ0n) is 13.4. The van der Waals surface area contributed by atoms with Crippen molar-refractivity contribution in [2.24, 2.45) is 4.99 Å². The van der Waals surface area contributed by atoms with Crippen LogP contribution in [0.5, 0.6) is 0 Å². The van der Waals surface area contributed by atoms with Gasteiger partial charge in [0.1, 0.15) is 11.5 Å². The number of hydrogen-bond donors (Lipinski definition) is 0. The zero-order chi connectivity index (χ0) is 16.4. The van der Waals surface area contributed by atoms with Crippen molar-refractivity contribution in [1.82, 2.24) is 4.98 Å². The normalized spacial score (nSPS) is 17.9. The standard InChI is InChI=1S/C18H18N2O3/c1-11-10-15(16-7-5-9-22-16)17(13(3)20-11)23-18(21)14-6-4-8-19-12(14)2/h4-9,15H,10H2,1-3H3. The molecule has 2 aromatic rings. The van der Waals surface area contributed by atoms with E-state index in [1.54, 1.807) is 31.5 Å². The molecular formula is C18H18N2O3. The van der Waals surface area contributed by atoms with E-state index in [0.717, 1.165) is 11.5 Å². The predicted molar refractivity (Wildman–Crippen MR) is 86.3 cm³/mol. The van der Waals surface area contributed by atoms with E-state index in [4.69, 9.17) is 9.15 Å². The van der Waals surface area contributed by atoms with Crippen LogP contribution < -0.4 is 0 Å². The summed E-state index contributed by atoms with van der Waals surface area (Å²) in [4.78, 5) is 21.1. The highest BCUT2D eigenvalue weighted by Gasteiger charge is 2.30. The molecule has 1 aliphatic rings. The minimum atomic E-state index is -0.420. The highest BCUT2D eigenvalue weighted by molar-refractivity contribution is 5.92. The van der Waals surface area contributed by atoms with Crippen molar-refractivity contribution in [3.05, 3.63) is 65.2 Å². The van der Waals surface area contributed by atoms with Crippen molar-refractivity contribution >= 4 is 11.7 Å². The van der Waals surface area contributed by atoms with Crippen molar-refractivity contribution in [2.45, 2.75) is 33.1 Å². The molecule has 3 heterocycles. The van der Waals surface area contributed by atoms with E-state index in [9.17, 15) is 4.79 Å². The molecule has 0 aliphatic carbocycles. The number of pyridine rings is 1. The number of aliphatic imine (C=N–C) groups is 1. The summed E-state index contributed by atoms with van der Waals surface area (Å²) in [6.07, 6.45) is 3.94. The minimum Gasteiger partial charge on any atom is -0.469 e. The molecule has 0 fully saturated rings. The maximum absolute atomic E-state index is 12.5. The molecule has 1 atom stereocenters. The number of furan rings is 1. The van der Waals surface area contributed by atoms with E-state index < -0.39 is 5.97 Å². The summed E-state index contributed by atoms with van der Waals surface area (Å²) in [6.45, 7) is 5.59. The summed E-state index contributed by atoms with van der Waals surface area (Å²) in [5, 5.41) is 0. The monoisotopic (exact) mass is 310 g/mol. The van der Waals surface area contributed by atoms with Crippen LogP contribution in [0.15, 0.2) is 57.6 Å². The van der Waals surface area contributed by atoms with Gasteiger partial charge in [0, 0.05) is 18.3 Å². The van der Waals surface area contributed by atoms with Crippen molar-refractivity contribution in [1.29, 1.82) is 0 Å². The molecule has 0 N–H and O–H groups in total. The molecule has 0 saturated carbocycles. The zero-order valence-corrected chi connectivity index (χ0v) is 13.4. The van der Waals surface area contributed by atoms with Crippen molar-refractivity contribution in [3.8, 4) is 0 Å². The van der Waals surface area contributed by atoms with Crippen LogP contribution in [0.3, 0.4) is 0 Å². The summed E-state index contributed by atoms with van der Waals surface area (Å²) in [5.74, 6) is 0.753. The van der Waals surface area contributed by atoms with Gasteiger partial charge in [0.25, 0.3) is 0 Å². The Bertz CT molecular complexity index is 788. The summed E-state index contributed by atoms with van der Waals surface area (Å²) < 4.78 is 11.2. The van der Waals surface area contributed by atoms with E-state index in [1.807, 2.05) is 26.0 Å². The lowest BCUT2D eigenvalue weighted by Crippen LogP contribution is -2.19. The van der Waals surface area contributed by atoms with Gasteiger partial charge in [0.15, 0.2) is 0 Å². The Hall–Kier alpha value is -2.69. The van der Waals surface area contributed by atoms with Gasteiger partial charge in [-0.05, 0) is 45.0 Å². The third-order valence-electron chi connectivity index (χ3n) is 3.85. The Morgan fingerprint density at radius 3 is 2.78 bits per heavy atom. The number of carbonyl (C=O) groups is 1. The number of hydrogen-bond acceptors (Lipinski definition) is 5. The minimum absolute atomic E-state index is 0.136. The van der Waals surface area contributed by atoms with Crippen LogP contribution in [0, 0.1) is 6.92 Å². The van der Waals surface area contributed by atoms with Crippen LogP contribution in [0.1, 0.15) is 48.0 Å². The SMILES string of the molecule is CC1=NC(C)=C(OC(=O)c2cccnc2C)C(c2ccco2)C1. The number of aryl methyl sites for hydroxylation is 1. The van der Waals surface area contributed by atoms with E-state index in [2.05, 4.69) is 9.98 Å². The Labute approximate surface area is 134 Å². The third kappa shape index (κ3) is 3.08. The van der Waals surface area contributed by atoms with Crippen molar-refractivity contribution in [2.75, 3.05) is 0 Å². The van der Waals surface area contributed by atoms with E-state index in [-0.39, 0.29) is 5.92 Å². The molecule has 2 aromatic heterocycles. The molecule has 0 bridgehead atoms. The van der Waals surface area contributed by atoms with Crippen LogP contribution in [0.4, 0.5) is 0 Å². The summed E-state index contributed by atoms with van der Waals surface area (Å²) in [6, 6.07) is 7.15. The number of rotatable bonds is 3. The lowest BCUT2D eigenvalue weighted by Gasteiger charge is -2.23. The van der Waals surface area contributed by atoms with Crippen LogP contribution in [0.2, 0.25) is 0 Å². The van der Waals surface area contributed by atoms with Crippen LogP contribution in [0.25, 0.3) is 0 Å². The molecule has 118 valence electrons. The fraction of sp³-hybridized carbons (Fsp3) is 0.278. The second-order valence-electron chi connectivity index (χ2n) is 5.59. The van der Waals surface area contributed by atoms with Crippen molar-refractivity contribution in [3.63, 3.8) is 0 Å². The molecule has 0 aromatic carbocycles. The number of esters is 1. The molecule has 5 nitrogen and oxygen atoms in total. The van der Waals surface area contributed by atoms with Crippen LogP contribution >= 0.6 is 0 Å². The van der Waals surface area contributed by atoms with E-state index in [1.165, 1.54) is 0 Å². The maximum Gasteiger partial charge on any atom is 0.345 e. The quantitative estimate of drug-likeness (QED) is 0.803. The molecule has 0 amide bonds. The molecule has 1 unspecified atom stereocenters. The first-order valence-electron chi connectivity index (χ1n) is 7.48. The number of aromatic nitrogens is 1. The lowest BCUT2D eigenvalue weighted by atomic mass is 9.94. The second kappa shape index (κ2) is 6.20. The van der Waals surface area contributed by atoms with E-state index in [0.29, 0.717) is 29.1 Å². The first-order chi connectivity index (χ1) is 11.1. The van der Waals surface area contributed by atoms with Gasteiger partial charge in [0.05, 0.1) is 29.1 Å². The molecular weight excluding hydrogens is 292 g/mol. The number of ether oxygens (including phenoxy) is 1. The van der Waals surface area contributed by atoms with Gasteiger partial charge in [-0.1, -0.05) is 0 Å². The summed E-state index contributed by atoms with van der Waals surface area (Å²) in [5.41, 5.74) is 2.78. The highest BCUT2D eigenvalue weighted by Crippen LogP contribution is 2.35. The Morgan fingerprint density at radius 1 is 1.26 bits per heavy atom. The topological polar surface area (TPSA) is 64.7 Å². The van der Waals surface area contributed by atoms with E-state index >= 15 is 0 Å². The maximum atomic E-state index is 12.5. The molecule has 5 heteroatoms. The molecule has 0 spiro atoms. The number of nitrogens with zero attached hydrogens (tertiary/aromatic N) is 2. The van der Waals surface area contributed by atoms with Crippen LogP contribution in [-0.4, -0.2) is 16.7 Å². The first kappa shape index (κ1) is 15.2. The van der Waals surface area contributed by atoms with Gasteiger partial charge in [-0.25, -0.2) is 4.79 Å². The van der Waals surface area contributed by atoms with Gasteiger partial charge in [-0.15, -0.1) is 0 Å². The largest absolute Gasteiger partial charge is 0.469 e. The van der Waals surface area contributed by atoms with Gasteiger partial charge < -0.3 is 9.15 Å². The molecule has 1 aliphatic heterocycles. The highest BCUT2D eigenvalue weighted by atomic mass is 16.5. The second-order valence-corrected chi connectivity index (χ2v) is 5.59. The fourth-order valence-electron chi connectivity index (χ4n) is 2.75. The first-order valence-corrected chi connectivity index (χ1v) is 7.48. The fourth-order valence-corrected chi connectivity index (χ4v) is 2.75. The smallest absolute Gasteiger partial charge is 0.345 e. The number of allylic oxidation sites excluding steroid dienone is 2. The van der Waals surface area contributed by atoms with Gasteiger partial charge in [-0.2, -0.15) is 0 Å². The average Bonchev–Trinajstić information content (AvgIpc) is 3.04.